The Bertz CT molecular complexity index is 975. The molecule has 0 radical (unpaired) electrons. The van der Waals surface area contributed by atoms with Crippen LogP contribution in [-0.4, -0.2) is 19.6 Å². The van der Waals surface area contributed by atoms with Gasteiger partial charge in [-0.2, -0.15) is 9.65 Å². The monoisotopic (exact) mass is 318 g/mol. The summed E-state index contributed by atoms with van der Waals surface area (Å²) in [4.78, 5) is 7.87. The summed E-state index contributed by atoms with van der Waals surface area (Å²) in [6.07, 6.45) is 1.42. The number of imidazole rings is 1. The van der Waals surface area contributed by atoms with Crippen molar-refractivity contribution in [1.29, 1.82) is 5.26 Å². The van der Waals surface area contributed by atoms with Crippen molar-refractivity contribution in [2.24, 2.45) is 7.05 Å². The van der Waals surface area contributed by atoms with E-state index in [9.17, 15) is 18.3 Å². The highest BCUT2D eigenvalue weighted by molar-refractivity contribution is 5.84. The number of nitrogens with zero attached hydrogens (tertiary/aromatic N) is 4. The van der Waals surface area contributed by atoms with Crippen molar-refractivity contribution in [3.05, 3.63) is 41.1 Å². The average molecular weight is 318 g/mol. The summed E-state index contributed by atoms with van der Waals surface area (Å²) in [5, 5.41) is 18.5. The number of nitriles is 1. The molecule has 0 saturated carbocycles. The van der Waals surface area contributed by atoms with Gasteiger partial charge in [0.05, 0.1) is 23.1 Å². The third-order valence-corrected chi connectivity index (χ3v) is 3.60. The summed E-state index contributed by atoms with van der Waals surface area (Å²) in [5.74, 6) is -5.36. The number of phenols is 1. The van der Waals surface area contributed by atoms with Gasteiger partial charge >= 0.3 is 0 Å². The van der Waals surface area contributed by atoms with Crippen LogP contribution in [0.4, 0.5) is 13.2 Å². The number of aromatic nitrogens is 3. The van der Waals surface area contributed by atoms with E-state index >= 15 is 0 Å². The summed E-state index contributed by atoms with van der Waals surface area (Å²) in [6.45, 7) is 1.12. The fraction of sp³-hybridized carbons (Fsp3) is 0.133. The SMILES string of the molecule is Cc1c(O)c(F)c(F)c(-c2cc3c(ncn3C)c(C#N)n2)c1F. The third kappa shape index (κ3) is 2.01. The maximum Gasteiger partial charge on any atom is 0.201 e. The van der Waals surface area contributed by atoms with Gasteiger partial charge in [-0.3, -0.25) is 0 Å². The highest BCUT2D eigenvalue weighted by Crippen LogP contribution is 2.35. The largest absolute Gasteiger partial charge is 0.504 e. The lowest BCUT2D eigenvalue weighted by molar-refractivity contribution is 0.396. The highest BCUT2D eigenvalue weighted by atomic mass is 19.2. The van der Waals surface area contributed by atoms with Crippen LogP contribution in [0.2, 0.25) is 0 Å². The molecule has 5 nitrogen and oxygen atoms in total. The molecule has 1 aromatic carbocycles. The molecule has 0 spiro atoms. The molecule has 0 aliphatic heterocycles. The number of rotatable bonds is 1. The molecule has 0 saturated heterocycles. The fourth-order valence-electron chi connectivity index (χ4n) is 2.32. The van der Waals surface area contributed by atoms with Crippen LogP contribution < -0.4 is 0 Å². The van der Waals surface area contributed by atoms with Gasteiger partial charge < -0.3 is 9.67 Å². The molecule has 23 heavy (non-hydrogen) atoms. The Morgan fingerprint density at radius 1 is 1.22 bits per heavy atom. The maximum atomic E-state index is 14.3. The molecule has 3 aromatic rings. The minimum Gasteiger partial charge on any atom is -0.504 e. The van der Waals surface area contributed by atoms with Crippen LogP contribution in [0.1, 0.15) is 11.3 Å². The van der Waals surface area contributed by atoms with E-state index in [4.69, 9.17) is 5.26 Å². The topological polar surface area (TPSA) is 74.7 Å². The Balaban J connectivity index is 2.43. The van der Waals surface area contributed by atoms with Crippen molar-refractivity contribution in [2.45, 2.75) is 6.92 Å². The van der Waals surface area contributed by atoms with Crippen LogP contribution in [0.25, 0.3) is 22.3 Å². The van der Waals surface area contributed by atoms with Gasteiger partial charge in [0.25, 0.3) is 0 Å². The summed E-state index contributed by atoms with van der Waals surface area (Å²) < 4.78 is 43.7. The lowest BCUT2D eigenvalue weighted by Crippen LogP contribution is -2.02. The predicted molar refractivity (Wildman–Crippen MR) is 74.9 cm³/mol. The normalized spacial score (nSPS) is 11.0. The number of benzene rings is 1. The first-order valence-electron chi connectivity index (χ1n) is 6.45. The van der Waals surface area contributed by atoms with E-state index < -0.39 is 34.3 Å². The minimum absolute atomic E-state index is 0.136. The Hall–Kier alpha value is -3.08. The highest BCUT2D eigenvalue weighted by Gasteiger charge is 2.25. The van der Waals surface area contributed by atoms with Gasteiger partial charge in [0.1, 0.15) is 17.4 Å². The number of aryl methyl sites for hydroxylation is 1. The van der Waals surface area contributed by atoms with Crippen molar-refractivity contribution in [3.8, 4) is 23.1 Å². The molecular formula is C15H9F3N4O. The van der Waals surface area contributed by atoms with Crippen LogP contribution >= 0.6 is 0 Å². The van der Waals surface area contributed by atoms with Gasteiger partial charge in [0.15, 0.2) is 17.3 Å². The van der Waals surface area contributed by atoms with E-state index in [2.05, 4.69) is 9.97 Å². The molecule has 0 aliphatic carbocycles. The van der Waals surface area contributed by atoms with E-state index in [1.165, 1.54) is 12.4 Å². The Kier molecular flexibility index (Phi) is 3.21. The zero-order valence-corrected chi connectivity index (χ0v) is 12.0. The average Bonchev–Trinajstić information content (AvgIpc) is 2.92. The first kappa shape index (κ1) is 14.8. The molecule has 0 fully saturated rings. The minimum atomic E-state index is -1.57. The molecule has 2 heterocycles. The molecule has 0 unspecified atom stereocenters. The predicted octanol–water partition coefficient (Wildman–Crippen LogP) is 2.94. The lowest BCUT2D eigenvalue weighted by atomic mass is 10.0. The van der Waals surface area contributed by atoms with Crippen LogP contribution in [0.15, 0.2) is 12.4 Å². The first-order valence-corrected chi connectivity index (χ1v) is 6.45. The first-order chi connectivity index (χ1) is 10.9. The maximum absolute atomic E-state index is 14.3. The van der Waals surface area contributed by atoms with Crippen LogP contribution in [0.5, 0.6) is 5.75 Å². The number of phenolic OH excluding ortho intramolecular Hbond substituents is 1. The van der Waals surface area contributed by atoms with Crippen molar-refractivity contribution in [3.63, 3.8) is 0 Å². The van der Waals surface area contributed by atoms with Crippen molar-refractivity contribution >= 4 is 11.0 Å². The number of halogens is 3. The molecule has 2 aromatic heterocycles. The zero-order chi connectivity index (χ0) is 16.9. The van der Waals surface area contributed by atoms with E-state index in [1.54, 1.807) is 17.7 Å². The van der Waals surface area contributed by atoms with Crippen molar-refractivity contribution in [1.82, 2.24) is 14.5 Å². The quantitative estimate of drug-likeness (QED) is 0.700. The van der Waals surface area contributed by atoms with E-state index in [0.717, 1.165) is 6.92 Å². The molecule has 8 heteroatoms. The Morgan fingerprint density at radius 3 is 2.57 bits per heavy atom. The number of hydrogen-bond donors (Lipinski definition) is 1. The second-order valence-corrected chi connectivity index (χ2v) is 4.98. The van der Waals surface area contributed by atoms with E-state index in [1.807, 2.05) is 0 Å². The number of hydrogen-bond acceptors (Lipinski definition) is 4. The molecule has 1 N–H and O–H groups in total. The van der Waals surface area contributed by atoms with Gasteiger partial charge in [-0.05, 0) is 13.0 Å². The van der Waals surface area contributed by atoms with Crippen LogP contribution in [0, 0.1) is 35.7 Å². The Labute approximate surface area is 128 Å². The lowest BCUT2D eigenvalue weighted by Gasteiger charge is -2.11. The summed E-state index contributed by atoms with van der Waals surface area (Å²) in [7, 11) is 1.63. The smallest absolute Gasteiger partial charge is 0.201 e. The van der Waals surface area contributed by atoms with Gasteiger partial charge in [0, 0.05) is 12.6 Å². The molecular weight excluding hydrogens is 309 g/mol. The van der Waals surface area contributed by atoms with Crippen molar-refractivity contribution in [2.75, 3.05) is 0 Å². The molecule has 0 bridgehead atoms. The number of fused-ring (bicyclic) bond motifs is 1. The van der Waals surface area contributed by atoms with E-state index in [0.29, 0.717) is 5.52 Å². The fourth-order valence-corrected chi connectivity index (χ4v) is 2.32. The summed E-state index contributed by atoms with van der Waals surface area (Å²) in [5.41, 5.74) is -0.883. The number of pyridine rings is 1. The summed E-state index contributed by atoms with van der Waals surface area (Å²) in [6, 6.07) is 3.10. The molecule has 0 aliphatic rings. The second kappa shape index (κ2) is 4.98. The Morgan fingerprint density at radius 2 is 1.91 bits per heavy atom. The molecule has 116 valence electrons. The molecule has 0 amide bonds. The van der Waals surface area contributed by atoms with Gasteiger partial charge in [0.2, 0.25) is 5.82 Å². The zero-order valence-electron chi connectivity index (χ0n) is 12.0. The van der Waals surface area contributed by atoms with Gasteiger partial charge in [-0.15, -0.1) is 0 Å². The number of aromatic hydroxyl groups is 1. The van der Waals surface area contributed by atoms with Crippen LogP contribution in [-0.2, 0) is 7.05 Å². The standard InChI is InChI=1S/C15H9F3N4O/c1-6-11(16)10(12(17)13(18)15(6)23)7-3-9-14(8(4-19)21-7)20-5-22(9)2/h3,5,23H,1-2H3. The van der Waals surface area contributed by atoms with E-state index in [-0.39, 0.29) is 16.9 Å². The molecule has 3 rings (SSSR count). The van der Waals surface area contributed by atoms with Crippen LogP contribution in [0.3, 0.4) is 0 Å². The summed E-state index contributed by atoms with van der Waals surface area (Å²) >= 11 is 0. The van der Waals surface area contributed by atoms with Gasteiger partial charge in [-0.1, -0.05) is 0 Å². The van der Waals surface area contributed by atoms with Crippen molar-refractivity contribution < 1.29 is 18.3 Å². The molecule has 0 atom stereocenters. The third-order valence-electron chi connectivity index (χ3n) is 3.60. The second-order valence-electron chi connectivity index (χ2n) is 4.98. The van der Waals surface area contributed by atoms with Gasteiger partial charge in [-0.25, -0.2) is 18.7 Å².